The Morgan fingerprint density at radius 2 is 1.90 bits per heavy atom. The number of carbonyl (C=O) groups is 1. The summed E-state index contributed by atoms with van der Waals surface area (Å²) in [5.41, 5.74) is 2.47. The lowest BCUT2D eigenvalue weighted by molar-refractivity contribution is -0.143. The van der Waals surface area contributed by atoms with Gasteiger partial charge < -0.3 is 14.8 Å². The van der Waals surface area contributed by atoms with Gasteiger partial charge in [0.25, 0.3) is 0 Å². The van der Waals surface area contributed by atoms with E-state index in [1.807, 2.05) is 25.1 Å². The normalized spacial score (nSPS) is 17.3. The van der Waals surface area contributed by atoms with Crippen LogP contribution in [0.2, 0.25) is 0 Å². The van der Waals surface area contributed by atoms with E-state index in [1.165, 1.54) is 11.1 Å². The smallest absolute Gasteiger partial charge is 0.305 e. The summed E-state index contributed by atoms with van der Waals surface area (Å²) in [6, 6.07) is 19.1. The van der Waals surface area contributed by atoms with E-state index in [0.29, 0.717) is 25.7 Å². The SMILES string of the molecule is CCOC(=O)CCCC1CN(Cc2ccc(OCc3ccccc3)cc2)CCCN1. The van der Waals surface area contributed by atoms with Crippen molar-refractivity contribution in [3.8, 4) is 5.75 Å². The van der Waals surface area contributed by atoms with Gasteiger partial charge in [-0.2, -0.15) is 0 Å². The van der Waals surface area contributed by atoms with Crippen LogP contribution >= 0.6 is 0 Å². The number of hydrogen-bond acceptors (Lipinski definition) is 5. The fourth-order valence-electron chi connectivity index (χ4n) is 3.83. The summed E-state index contributed by atoms with van der Waals surface area (Å²) >= 11 is 0. The molecule has 1 fully saturated rings. The quantitative estimate of drug-likeness (QED) is 0.596. The molecule has 0 bridgehead atoms. The third kappa shape index (κ3) is 7.81. The third-order valence-electron chi connectivity index (χ3n) is 5.38. The van der Waals surface area contributed by atoms with Crippen LogP contribution in [0.3, 0.4) is 0 Å². The minimum absolute atomic E-state index is 0.0856. The molecule has 1 N–H and O–H groups in total. The van der Waals surface area contributed by atoms with Crippen LogP contribution in [-0.2, 0) is 22.7 Å². The predicted molar refractivity (Wildman–Crippen MR) is 119 cm³/mol. The fourth-order valence-corrected chi connectivity index (χ4v) is 3.83. The molecule has 5 heteroatoms. The van der Waals surface area contributed by atoms with E-state index in [4.69, 9.17) is 9.47 Å². The molecule has 1 saturated heterocycles. The first-order chi connectivity index (χ1) is 14.7. The summed E-state index contributed by atoms with van der Waals surface area (Å²) in [5.74, 6) is 0.814. The van der Waals surface area contributed by atoms with E-state index < -0.39 is 0 Å². The molecular weight excluding hydrogens is 376 g/mol. The molecule has 0 radical (unpaired) electrons. The molecule has 0 saturated carbocycles. The van der Waals surface area contributed by atoms with E-state index in [-0.39, 0.29) is 5.97 Å². The highest BCUT2D eigenvalue weighted by Gasteiger charge is 2.18. The molecule has 1 heterocycles. The average molecular weight is 411 g/mol. The average Bonchev–Trinajstić information content (AvgIpc) is 2.99. The first kappa shape index (κ1) is 22.3. The number of nitrogens with zero attached hydrogens (tertiary/aromatic N) is 1. The Kier molecular flexibility index (Phi) is 9.19. The van der Waals surface area contributed by atoms with Gasteiger partial charge in [-0.1, -0.05) is 42.5 Å². The van der Waals surface area contributed by atoms with E-state index >= 15 is 0 Å². The lowest BCUT2D eigenvalue weighted by Gasteiger charge is -2.24. The Labute approximate surface area is 180 Å². The van der Waals surface area contributed by atoms with Crippen LogP contribution in [0.25, 0.3) is 0 Å². The van der Waals surface area contributed by atoms with Gasteiger partial charge in [-0.25, -0.2) is 0 Å². The van der Waals surface area contributed by atoms with Gasteiger partial charge in [-0.05, 0) is 62.5 Å². The maximum absolute atomic E-state index is 11.5. The topological polar surface area (TPSA) is 50.8 Å². The molecule has 162 valence electrons. The van der Waals surface area contributed by atoms with E-state index in [0.717, 1.165) is 51.2 Å². The number of nitrogens with one attached hydrogen (secondary N) is 1. The summed E-state index contributed by atoms with van der Waals surface area (Å²) in [6.07, 6.45) is 3.53. The van der Waals surface area contributed by atoms with Crippen molar-refractivity contribution < 1.29 is 14.3 Å². The number of rotatable bonds is 10. The lowest BCUT2D eigenvalue weighted by atomic mass is 10.1. The van der Waals surface area contributed by atoms with Crippen molar-refractivity contribution in [3.63, 3.8) is 0 Å². The van der Waals surface area contributed by atoms with Gasteiger partial charge in [0.1, 0.15) is 12.4 Å². The van der Waals surface area contributed by atoms with Crippen molar-refractivity contribution in [2.45, 2.75) is 51.8 Å². The Balaban J connectivity index is 1.44. The van der Waals surface area contributed by atoms with Crippen molar-refractivity contribution in [1.29, 1.82) is 0 Å². The van der Waals surface area contributed by atoms with Crippen LogP contribution in [0.5, 0.6) is 5.75 Å². The van der Waals surface area contributed by atoms with Gasteiger partial charge in [0.2, 0.25) is 0 Å². The monoisotopic (exact) mass is 410 g/mol. The highest BCUT2D eigenvalue weighted by Crippen LogP contribution is 2.17. The Hall–Kier alpha value is -2.37. The van der Waals surface area contributed by atoms with Gasteiger partial charge in [0.05, 0.1) is 6.61 Å². The molecule has 0 amide bonds. The molecule has 0 aliphatic carbocycles. The standard InChI is InChI=1S/C25H34N2O3/c1-2-29-25(28)11-6-10-23-19-27(17-7-16-26-23)18-21-12-14-24(15-13-21)30-20-22-8-4-3-5-9-22/h3-5,8-9,12-15,23,26H,2,6-7,10-11,16-20H2,1H3. The van der Waals surface area contributed by atoms with Crippen molar-refractivity contribution in [1.82, 2.24) is 10.2 Å². The molecule has 0 aromatic heterocycles. The van der Waals surface area contributed by atoms with Crippen LogP contribution in [0, 0.1) is 0 Å². The highest BCUT2D eigenvalue weighted by atomic mass is 16.5. The maximum Gasteiger partial charge on any atom is 0.305 e. The molecule has 30 heavy (non-hydrogen) atoms. The van der Waals surface area contributed by atoms with Crippen molar-refractivity contribution in [2.24, 2.45) is 0 Å². The second kappa shape index (κ2) is 12.4. The molecule has 1 atom stereocenters. The first-order valence-corrected chi connectivity index (χ1v) is 11.1. The van der Waals surface area contributed by atoms with Crippen LogP contribution in [0.15, 0.2) is 54.6 Å². The number of hydrogen-bond donors (Lipinski definition) is 1. The number of esters is 1. The minimum atomic E-state index is -0.0856. The molecule has 5 nitrogen and oxygen atoms in total. The highest BCUT2D eigenvalue weighted by molar-refractivity contribution is 5.69. The van der Waals surface area contributed by atoms with Gasteiger partial charge in [0.15, 0.2) is 0 Å². The number of benzene rings is 2. The Morgan fingerprint density at radius 1 is 1.10 bits per heavy atom. The van der Waals surface area contributed by atoms with E-state index in [1.54, 1.807) is 0 Å². The number of carbonyl (C=O) groups excluding carboxylic acids is 1. The Bertz CT molecular complexity index is 749. The molecule has 2 aromatic carbocycles. The molecule has 1 aliphatic heterocycles. The molecule has 0 spiro atoms. The zero-order valence-electron chi connectivity index (χ0n) is 18.0. The van der Waals surface area contributed by atoms with Crippen LogP contribution in [0.1, 0.15) is 43.7 Å². The minimum Gasteiger partial charge on any atom is -0.489 e. The largest absolute Gasteiger partial charge is 0.489 e. The van der Waals surface area contributed by atoms with Crippen molar-refractivity contribution in [3.05, 3.63) is 65.7 Å². The lowest BCUT2D eigenvalue weighted by Crippen LogP contribution is -2.37. The maximum atomic E-state index is 11.5. The molecule has 1 unspecified atom stereocenters. The molecule has 3 rings (SSSR count). The summed E-state index contributed by atoms with van der Waals surface area (Å²) < 4.78 is 10.9. The van der Waals surface area contributed by atoms with E-state index in [2.05, 4.69) is 46.6 Å². The van der Waals surface area contributed by atoms with Crippen LogP contribution in [0.4, 0.5) is 0 Å². The van der Waals surface area contributed by atoms with Gasteiger partial charge >= 0.3 is 5.97 Å². The first-order valence-electron chi connectivity index (χ1n) is 11.1. The summed E-state index contributed by atoms with van der Waals surface area (Å²) in [5, 5.41) is 3.63. The Morgan fingerprint density at radius 3 is 2.67 bits per heavy atom. The van der Waals surface area contributed by atoms with Crippen molar-refractivity contribution in [2.75, 3.05) is 26.2 Å². The van der Waals surface area contributed by atoms with Crippen LogP contribution in [-0.4, -0.2) is 43.2 Å². The van der Waals surface area contributed by atoms with Gasteiger partial charge in [-0.15, -0.1) is 0 Å². The summed E-state index contributed by atoms with van der Waals surface area (Å²) in [4.78, 5) is 14.1. The van der Waals surface area contributed by atoms with Crippen molar-refractivity contribution >= 4 is 5.97 Å². The molecular formula is C25H34N2O3. The second-order valence-corrected chi connectivity index (χ2v) is 7.86. The van der Waals surface area contributed by atoms with Gasteiger partial charge in [-0.3, -0.25) is 9.69 Å². The predicted octanol–water partition coefficient (Wildman–Crippen LogP) is 4.16. The van der Waals surface area contributed by atoms with E-state index in [9.17, 15) is 4.79 Å². The second-order valence-electron chi connectivity index (χ2n) is 7.86. The third-order valence-corrected chi connectivity index (χ3v) is 5.38. The fraction of sp³-hybridized carbons (Fsp3) is 0.480. The molecule has 1 aliphatic rings. The number of ether oxygens (including phenoxy) is 2. The summed E-state index contributed by atoms with van der Waals surface area (Å²) in [6.45, 7) is 6.98. The van der Waals surface area contributed by atoms with Crippen LogP contribution < -0.4 is 10.1 Å². The molecule has 2 aromatic rings. The zero-order valence-corrected chi connectivity index (χ0v) is 18.0. The summed E-state index contributed by atoms with van der Waals surface area (Å²) in [7, 11) is 0. The van der Waals surface area contributed by atoms with Gasteiger partial charge in [0, 0.05) is 25.6 Å². The zero-order chi connectivity index (χ0) is 21.0.